The van der Waals surface area contributed by atoms with E-state index in [2.05, 4.69) is 10.2 Å². The number of carbonyl (C=O) groups is 1. The third-order valence-corrected chi connectivity index (χ3v) is 3.51. The van der Waals surface area contributed by atoms with Gasteiger partial charge in [-0.1, -0.05) is 18.6 Å². The number of amides is 1. The predicted octanol–water partition coefficient (Wildman–Crippen LogP) is 1.81. The number of nitro benzene ring substituents is 1. The number of nitro groups is 1. The van der Waals surface area contributed by atoms with Crippen LogP contribution in [0.5, 0.6) is 0 Å². The normalized spacial score (nSPS) is 15.8. The van der Waals surface area contributed by atoms with Crippen LogP contribution >= 0.6 is 0 Å². The lowest BCUT2D eigenvalue weighted by atomic mass is 10.1. The molecule has 20 heavy (non-hydrogen) atoms. The summed E-state index contributed by atoms with van der Waals surface area (Å²) < 4.78 is 0. The lowest BCUT2D eigenvalue weighted by Gasteiger charge is -2.26. The van der Waals surface area contributed by atoms with Crippen LogP contribution in [0.1, 0.15) is 29.6 Å². The Bertz CT molecular complexity index is 484. The van der Waals surface area contributed by atoms with Crippen molar-refractivity contribution in [1.82, 2.24) is 10.2 Å². The van der Waals surface area contributed by atoms with Gasteiger partial charge >= 0.3 is 0 Å². The van der Waals surface area contributed by atoms with Crippen LogP contribution in [0.3, 0.4) is 0 Å². The fourth-order valence-corrected chi connectivity index (χ4v) is 2.43. The molecular formula is C14H19N3O3. The second-order valence-electron chi connectivity index (χ2n) is 4.93. The number of para-hydroxylation sites is 1. The van der Waals surface area contributed by atoms with Crippen molar-refractivity contribution in [2.45, 2.75) is 19.3 Å². The average molecular weight is 277 g/mol. The summed E-state index contributed by atoms with van der Waals surface area (Å²) in [5.74, 6) is -0.380. The molecule has 2 rings (SSSR count). The SMILES string of the molecule is O=C(NCCN1CCCCC1)c1ccccc1[N+](=O)[O-]. The third-order valence-electron chi connectivity index (χ3n) is 3.51. The summed E-state index contributed by atoms with van der Waals surface area (Å²) >= 11 is 0. The summed E-state index contributed by atoms with van der Waals surface area (Å²) in [5.41, 5.74) is -0.0286. The molecule has 6 heteroatoms. The van der Waals surface area contributed by atoms with E-state index in [4.69, 9.17) is 0 Å². The fraction of sp³-hybridized carbons (Fsp3) is 0.500. The largest absolute Gasteiger partial charge is 0.351 e. The molecule has 6 nitrogen and oxygen atoms in total. The quantitative estimate of drug-likeness (QED) is 0.658. The topological polar surface area (TPSA) is 75.5 Å². The number of hydrogen-bond acceptors (Lipinski definition) is 4. The van der Waals surface area contributed by atoms with E-state index in [1.54, 1.807) is 12.1 Å². The number of nitrogens with one attached hydrogen (secondary N) is 1. The Hall–Kier alpha value is -1.95. The molecule has 0 atom stereocenters. The van der Waals surface area contributed by atoms with Crippen LogP contribution in [0.15, 0.2) is 24.3 Å². The first-order valence-corrected chi connectivity index (χ1v) is 6.92. The second-order valence-corrected chi connectivity index (χ2v) is 4.93. The third kappa shape index (κ3) is 3.77. The number of likely N-dealkylation sites (tertiary alicyclic amines) is 1. The number of carbonyl (C=O) groups excluding carboxylic acids is 1. The highest BCUT2D eigenvalue weighted by Gasteiger charge is 2.19. The molecule has 1 aromatic carbocycles. The van der Waals surface area contributed by atoms with Crippen LogP contribution in [0.25, 0.3) is 0 Å². The molecule has 1 aromatic rings. The number of hydrogen-bond donors (Lipinski definition) is 1. The first-order valence-electron chi connectivity index (χ1n) is 6.92. The minimum Gasteiger partial charge on any atom is -0.351 e. The van der Waals surface area contributed by atoms with E-state index in [0.717, 1.165) is 19.6 Å². The maximum absolute atomic E-state index is 12.0. The summed E-state index contributed by atoms with van der Waals surface area (Å²) in [6, 6.07) is 6.02. The zero-order valence-electron chi connectivity index (χ0n) is 11.4. The maximum Gasteiger partial charge on any atom is 0.282 e. The molecule has 1 N–H and O–H groups in total. The standard InChI is InChI=1S/C14H19N3O3/c18-14(12-6-2-3-7-13(12)17(19)20)15-8-11-16-9-4-1-5-10-16/h2-3,6-7H,1,4-5,8-11H2,(H,15,18). The highest BCUT2D eigenvalue weighted by molar-refractivity contribution is 5.98. The van der Waals surface area contributed by atoms with Crippen molar-refractivity contribution in [3.05, 3.63) is 39.9 Å². The fourth-order valence-electron chi connectivity index (χ4n) is 2.43. The molecule has 0 aliphatic carbocycles. The molecule has 1 heterocycles. The molecule has 0 bridgehead atoms. The second kappa shape index (κ2) is 7.00. The summed E-state index contributed by atoms with van der Waals surface area (Å²) in [6.07, 6.45) is 3.69. The Morgan fingerprint density at radius 3 is 2.65 bits per heavy atom. The molecule has 108 valence electrons. The molecule has 0 spiro atoms. The van der Waals surface area contributed by atoms with Crippen LogP contribution in [-0.4, -0.2) is 41.9 Å². The molecule has 0 radical (unpaired) electrons. The van der Waals surface area contributed by atoms with Gasteiger partial charge in [-0.2, -0.15) is 0 Å². The number of nitrogens with zero attached hydrogens (tertiary/aromatic N) is 2. The number of benzene rings is 1. The minimum atomic E-state index is -0.528. The van der Waals surface area contributed by atoms with Gasteiger partial charge in [-0.25, -0.2) is 0 Å². The molecule has 0 unspecified atom stereocenters. The summed E-state index contributed by atoms with van der Waals surface area (Å²) in [4.78, 5) is 24.6. The molecule has 1 amide bonds. The van der Waals surface area contributed by atoms with E-state index in [-0.39, 0.29) is 17.2 Å². The van der Waals surface area contributed by atoms with Crippen LogP contribution < -0.4 is 5.32 Å². The summed E-state index contributed by atoms with van der Waals surface area (Å²) in [5, 5.41) is 13.6. The molecule has 0 saturated carbocycles. The van der Waals surface area contributed by atoms with Gasteiger partial charge in [0.25, 0.3) is 11.6 Å². The Morgan fingerprint density at radius 1 is 1.25 bits per heavy atom. The van der Waals surface area contributed by atoms with Gasteiger partial charge in [0.1, 0.15) is 5.56 Å². The van der Waals surface area contributed by atoms with Gasteiger partial charge in [0, 0.05) is 19.2 Å². The van der Waals surface area contributed by atoms with E-state index in [0.29, 0.717) is 6.54 Å². The smallest absolute Gasteiger partial charge is 0.282 e. The first kappa shape index (κ1) is 14.5. The number of rotatable bonds is 5. The van der Waals surface area contributed by atoms with Crippen LogP contribution in [-0.2, 0) is 0 Å². The Kier molecular flexibility index (Phi) is 5.06. The molecule has 1 aliphatic rings. The van der Waals surface area contributed by atoms with E-state index < -0.39 is 4.92 Å². The lowest BCUT2D eigenvalue weighted by molar-refractivity contribution is -0.385. The zero-order valence-corrected chi connectivity index (χ0v) is 11.4. The van der Waals surface area contributed by atoms with Crippen molar-refractivity contribution < 1.29 is 9.72 Å². The van der Waals surface area contributed by atoms with Gasteiger partial charge in [-0.15, -0.1) is 0 Å². The van der Waals surface area contributed by atoms with Gasteiger partial charge in [0.2, 0.25) is 0 Å². The van der Waals surface area contributed by atoms with Crippen molar-refractivity contribution in [2.24, 2.45) is 0 Å². The van der Waals surface area contributed by atoms with Crippen LogP contribution in [0.4, 0.5) is 5.69 Å². The Balaban J connectivity index is 1.87. The van der Waals surface area contributed by atoms with Crippen molar-refractivity contribution in [3.8, 4) is 0 Å². The summed E-state index contributed by atoms with van der Waals surface area (Å²) in [6.45, 7) is 3.46. The molecular weight excluding hydrogens is 258 g/mol. The molecule has 1 fully saturated rings. The first-order chi connectivity index (χ1) is 9.68. The number of piperidine rings is 1. The van der Waals surface area contributed by atoms with E-state index in [1.807, 2.05) is 0 Å². The van der Waals surface area contributed by atoms with Gasteiger partial charge in [0.15, 0.2) is 0 Å². The maximum atomic E-state index is 12.0. The highest BCUT2D eigenvalue weighted by Crippen LogP contribution is 2.17. The summed E-state index contributed by atoms with van der Waals surface area (Å²) in [7, 11) is 0. The van der Waals surface area contributed by atoms with Gasteiger partial charge in [-0.3, -0.25) is 14.9 Å². The van der Waals surface area contributed by atoms with Crippen molar-refractivity contribution in [3.63, 3.8) is 0 Å². The van der Waals surface area contributed by atoms with Gasteiger partial charge < -0.3 is 10.2 Å². The van der Waals surface area contributed by atoms with Crippen molar-refractivity contribution in [2.75, 3.05) is 26.2 Å². The zero-order chi connectivity index (χ0) is 14.4. The van der Waals surface area contributed by atoms with Crippen LogP contribution in [0, 0.1) is 10.1 Å². The lowest BCUT2D eigenvalue weighted by Crippen LogP contribution is -2.37. The van der Waals surface area contributed by atoms with Gasteiger partial charge in [0.05, 0.1) is 4.92 Å². The van der Waals surface area contributed by atoms with Crippen molar-refractivity contribution >= 4 is 11.6 Å². The molecule has 1 aliphatic heterocycles. The molecule has 1 saturated heterocycles. The average Bonchev–Trinajstić information content (AvgIpc) is 2.48. The Labute approximate surface area is 117 Å². The molecule has 0 aromatic heterocycles. The van der Waals surface area contributed by atoms with Crippen molar-refractivity contribution in [1.29, 1.82) is 0 Å². The highest BCUT2D eigenvalue weighted by atomic mass is 16.6. The monoisotopic (exact) mass is 277 g/mol. The van der Waals surface area contributed by atoms with Gasteiger partial charge in [-0.05, 0) is 32.0 Å². The van der Waals surface area contributed by atoms with E-state index in [9.17, 15) is 14.9 Å². The minimum absolute atomic E-state index is 0.121. The predicted molar refractivity (Wildman–Crippen MR) is 75.7 cm³/mol. The van der Waals surface area contributed by atoms with E-state index in [1.165, 1.54) is 31.4 Å². The van der Waals surface area contributed by atoms with E-state index >= 15 is 0 Å². The Morgan fingerprint density at radius 2 is 1.95 bits per heavy atom. The van der Waals surface area contributed by atoms with Crippen LogP contribution in [0.2, 0.25) is 0 Å².